The molecule has 0 bridgehead atoms. The molecule has 0 unspecified atom stereocenters. The Morgan fingerprint density at radius 1 is 1.07 bits per heavy atom. The summed E-state index contributed by atoms with van der Waals surface area (Å²) in [6.45, 7) is 6.78. The summed E-state index contributed by atoms with van der Waals surface area (Å²) in [6.07, 6.45) is -0.554. The topological polar surface area (TPSA) is 112 Å². The summed E-state index contributed by atoms with van der Waals surface area (Å²) in [5.74, 6) is 0.905. The van der Waals surface area contributed by atoms with Gasteiger partial charge in [-0.05, 0) is 47.7 Å². The Morgan fingerprint density at radius 2 is 1.70 bits per heavy atom. The van der Waals surface area contributed by atoms with Gasteiger partial charge in [0.05, 0.1) is 6.10 Å². The first-order valence-corrected chi connectivity index (χ1v) is 9.14. The van der Waals surface area contributed by atoms with Gasteiger partial charge in [-0.2, -0.15) is 0 Å². The van der Waals surface area contributed by atoms with Crippen molar-refractivity contribution >= 4 is 40.2 Å². The number of fused-ring (bicyclic) bond motifs is 1. The van der Waals surface area contributed by atoms with Crippen LogP contribution in [0, 0.1) is 0 Å². The van der Waals surface area contributed by atoms with Crippen molar-refractivity contribution in [1.29, 1.82) is 0 Å². The molecule has 2 aromatic heterocycles. The van der Waals surface area contributed by atoms with Crippen molar-refractivity contribution in [2.24, 2.45) is 0 Å². The van der Waals surface area contributed by atoms with E-state index in [1.807, 2.05) is 12.1 Å². The average molecular weight is 392 g/mol. The molecule has 0 spiro atoms. The highest BCUT2D eigenvalue weighted by molar-refractivity contribution is 6.30. The Labute approximate surface area is 161 Å². The molecule has 10 heteroatoms. The van der Waals surface area contributed by atoms with Gasteiger partial charge in [-0.3, -0.25) is 0 Å². The normalized spacial score (nSPS) is 12.5. The van der Waals surface area contributed by atoms with Crippen LogP contribution in [0.25, 0.3) is 11.3 Å². The van der Waals surface area contributed by atoms with Crippen LogP contribution < -0.4 is 10.6 Å². The van der Waals surface area contributed by atoms with Gasteiger partial charge in [-0.1, -0.05) is 25.4 Å². The van der Waals surface area contributed by atoms with Gasteiger partial charge in [-0.25, -0.2) is 14.6 Å². The van der Waals surface area contributed by atoms with E-state index in [0.717, 1.165) is 18.8 Å². The summed E-state index contributed by atoms with van der Waals surface area (Å²) in [5.41, 5.74) is 1.37. The number of likely N-dealkylation sites (N-methyl/N-ethyl adjacent to an activating group) is 1. The molecule has 1 atom stereocenters. The molecule has 0 radical (unpaired) electrons. The van der Waals surface area contributed by atoms with Gasteiger partial charge in [0.2, 0.25) is 11.3 Å². The van der Waals surface area contributed by atoms with Gasteiger partial charge < -0.3 is 20.6 Å². The molecular formula is C17H22ClN7O2. The molecule has 144 valence electrons. The summed E-state index contributed by atoms with van der Waals surface area (Å²) >= 11 is 5.93. The van der Waals surface area contributed by atoms with E-state index < -0.39 is 6.10 Å². The molecule has 0 aliphatic carbocycles. The number of benzene rings is 1. The van der Waals surface area contributed by atoms with Crippen LogP contribution in [0.2, 0.25) is 5.02 Å². The lowest BCUT2D eigenvalue weighted by molar-refractivity contribution is 0.128. The summed E-state index contributed by atoms with van der Waals surface area (Å²) < 4.78 is 4.69. The molecule has 0 fully saturated rings. The first kappa shape index (κ1) is 19.3. The Hall–Kier alpha value is -2.49. The second-order valence-corrected chi connectivity index (χ2v) is 6.42. The molecule has 2 heterocycles. The number of rotatable bonds is 9. The number of hydrogen-bond donors (Lipinski definition) is 3. The lowest BCUT2D eigenvalue weighted by atomic mass is 10.3. The standard InChI is InChI=1S/C17H22ClN7O2/c1-3-25(4-2)10-13(26)9-19-14-15(20-12-7-5-11(18)6-8-12)22-17-16(21-14)23-27-24-17/h5-8,13,26H,3-4,9-10H2,1-2H3,(H,19,21,23)(H,20,22,24)/t13-/m0/s1. The molecule has 0 aliphatic rings. The fourth-order valence-corrected chi connectivity index (χ4v) is 2.70. The molecule has 0 aliphatic heterocycles. The zero-order valence-corrected chi connectivity index (χ0v) is 15.9. The predicted octanol–water partition coefficient (Wildman–Crippen LogP) is 2.52. The van der Waals surface area contributed by atoms with Crippen molar-refractivity contribution in [1.82, 2.24) is 25.2 Å². The van der Waals surface area contributed by atoms with E-state index in [0.29, 0.717) is 35.4 Å². The van der Waals surface area contributed by atoms with E-state index in [-0.39, 0.29) is 5.65 Å². The molecule has 0 amide bonds. The first-order chi connectivity index (χ1) is 13.1. The highest BCUT2D eigenvalue weighted by Gasteiger charge is 2.15. The van der Waals surface area contributed by atoms with Crippen LogP contribution >= 0.6 is 11.6 Å². The number of aromatic nitrogens is 4. The second-order valence-electron chi connectivity index (χ2n) is 5.98. The number of halogens is 1. The number of nitrogens with zero attached hydrogens (tertiary/aromatic N) is 5. The van der Waals surface area contributed by atoms with E-state index in [1.54, 1.807) is 12.1 Å². The van der Waals surface area contributed by atoms with Crippen molar-refractivity contribution in [3.63, 3.8) is 0 Å². The van der Waals surface area contributed by atoms with Crippen LogP contribution in [0.1, 0.15) is 13.8 Å². The molecule has 9 nitrogen and oxygen atoms in total. The molecule has 0 saturated carbocycles. The molecule has 3 rings (SSSR count). The third-order valence-electron chi connectivity index (χ3n) is 4.09. The van der Waals surface area contributed by atoms with Gasteiger partial charge in [0.15, 0.2) is 11.6 Å². The molecule has 27 heavy (non-hydrogen) atoms. The summed E-state index contributed by atoms with van der Waals surface area (Å²) in [7, 11) is 0. The second kappa shape index (κ2) is 8.94. The van der Waals surface area contributed by atoms with E-state index in [1.165, 1.54) is 0 Å². The molecule has 3 N–H and O–H groups in total. The van der Waals surface area contributed by atoms with E-state index >= 15 is 0 Å². The minimum Gasteiger partial charge on any atom is -0.390 e. The number of nitrogens with one attached hydrogen (secondary N) is 2. The zero-order valence-electron chi connectivity index (χ0n) is 15.2. The maximum atomic E-state index is 10.3. The van der Waals surface area contributed by atoms with Gasteiger partial charge in [0.25, 0.3) is 0 Å². The highest BCUT2D eigenvalue weighted by atomic mass is 35.5. The third-order valence-corrected chi connectivity index (χ3v) is 4.34. The Bertz CT molecular complexity index is 867. The smallest absolute Gasteiger partial charge is 0.245 e. The maximum absolute atomic E-state index is 10.3. The Kier molecular flexibility index (Phi) is 6.38. The van der Waals surface area contributed by atoms with Crippen LogP contribution in [-0.4, -0.2) is 62.6 Å². The monoisotopic (exact) mass is 391 g/mol. The zero-order chi connectivity index (χ0) is 19.2. The van der Waals surface area contributed by atoms with Gasteiger partial charge in [0, 0.05) is 23.8 Å². The summed E-state index contributed by atoms with van der Waals surface area (Å²) in [5, 5.41) is 24.7. The van der Waals surface area contributed by atoms with Crippen molar-refractivity contribution in [2.75, 3.05) is 36.8 Å². The molecule has 3 aromatic rings. The number of aliphatic hydroxyl groups is 1. The number of aliphatic hydroxyl groups excluding tert-OH is 1. The van der Waals surface area contributed by atoms with Crippen molar-refractivity contribution in [3.05, 3.63) is 29.3 Å². The minimum atomic E-state index is -0.554. The summed E-state index contributed by atoms with van der Waals surface area (Å²) in [4.78, 5) is 10.9. The third kappa shape index (κ3) is 5.03. The highest BCUT2D eigenvalue weighted by Crippen LogP contribution is 2.24. The average Bonchev–Trinajstić information content (AvgIpc) is 3.13. The maximum Gasteiger partial charge on any atom is 0.245 e. The fourth-order valence-electron chi connectivity index (χ4n) is 2.58. The Morgan fingerprint density at radius 3 is 2.33 bits per heavy atom. The number of hydrogen-bond acceptors (Lipinski definition) is 9. The minimum absolute atomic E-state index is 0.289. The van der Waals surface area contributed by atoms with Crippen molar-refractivity contribution in [2.45, 2.75) is 20.0 Å². The summed E-state index contributed by atoms with van der Waals surface area (Å²) in [6, 6.07) is 7.20. The van der Waals surface area contributed by atoms with Gasteiger partial charge >= 0.3 is 0 Å². The SMILES string of the molecule is CCN(CC)C[C@@H](O)CNc1nc2nonc2nc1Nc1ccc(Cl)cc1. The number of anilines is 3. The van der Waals surface area contributed by atoms with E-state index in [9.17, 15) is 5.11 Å². The fraction of sp³-hybridized carbons (Fsp3) is 0.412. The van der Waals surface area contributed by atoms with Crippen LogP contribution in [0.15, 0.2) is 28.9 Å². The quantitative estimate of drug-likeness (QED) is 0.506. The first-order valence-electron chi connectivity index (χ1n) is 8.76. The van der Waals surface area contributed by atoms with Crippen LogP contribution in [0.4, 0.5) is 17.3 Å². The van der Waals surface area contributed by atoms with Gasteiger partial charge in [0.1, 0.15) is 0 Å². The van der Waals surface area contributed by atoms with E-state index in [4.69, 9.17) is 16.2 Å². The van der Waals surface area contributed by atoms with Crippen LogP contribution in [0.5, 0.6) is 0 Å². The van der Waals surface area contributed by atoms with Crippen LogP contribution in [0.3, 0.4) is 0 Å². The van der Waals surface area contributed by atoms with Gasteiger partial charge in [-0.15, -0.1) is 0 Å². The van der Waals surface area contributed by atoms with Crippen molar-refractivity contribution < 1.29 is 9.74 Å². The van der Waals surface area contributed by atoms with Crippen molar-refractivity contribution in [3.8, 4) is 0 Å². The van der Waals surface area contributed by atoms with E-state index in [2.05, 4.69) is 49.7 Å². The predicted molar refractivity (Wildman–Crippen MR) is 104 cm³/mol. The molecule has 0 saturated heterocycles. The molecule has 1 aromatic carbocycles. The largest absolute Gasteiger partial charge is 0.390 e. The Balaban J connectivity index is 1.77. The lowest BCUT2D eigenvalue weighted by Gasteiger charge is -2.22. The molecular weight excluding hydrogens is 370 g/mol. The lowest BCUT2D eigenvalue weighted by Crippen LogP contribution is -2.36. The van der Waals surface area contributed by atoms with Crippen LogP contribution in [-0.2, 0) is 0 Å².